The van der Waals surface area contributed by atoms with Crippen molar-refractivity contribution in [3.05, 3.63) is 30.5 Å². The second-order valence-corrected chi connectivity index (χ2v) is 5.66. The molecular weight excluding hydrogens is 314 g/mol. The van der Waals surface area contributed by atoms with Crippen LogP contribution in [0.3, 0.4) is 0 Å². The predicted molar refractivity (Wildman–Crippen MR) is 89.1 cm³/mol. The molecule has 2 aromatic rings. The molecule has 1 atom stereocenters. The Hall–Kier alpha value is -2.58. The van der Waals surface area contributed by atoms with Crippen molar-refractivity contribution in [1.82, 2.24) is 9.88 Å². The number of urea groups is 1. The van der Waals surface area contributed by atoms with Crippen LogP contribution in [-0.2, 0) is 16.1 Å². The molecule has 0 bridgehead atoms. The lowest BCUT2D eigenvalue weighted by Gasteiger charge is -2.18. The standard InChI is InChI=1S/C16H21N3O5/c1-16(23,14(20)21)10-17-15(22)18-12-4-3-11-5-6-19(7-8-24-2)13(11)9-12/h3-6,9,23H,7-8,10H2,1-2H3,(H,20,21)(H2,17,18,22). The van der Waals surface area contributed by atoms with Crippen LogP contribution in [-0.4, -0.2) is 52.6 Å². The van der Waals surface area contributed by atoms with Gasteiger partial charge in [0.2, 0.25) is 0 Å². The third kappa shape index (κ3) is 4.24. The molecule has 0 aliphatic carbocycles. The van der Waals surface area contributed by atoms with Crippen molar-refractivity contribution in [1.29, 1.82) is 0 Å². The summed E-state index contributed by atoms with van der Waals surface area (Å²) < 4.78 is 7.08. The number of ether oxygens (including phenoxy) is 1. The summed E-state index contributed by atoms with van der Waals surface area (Å²) in [5.41, 5.74) is -0.509. The molecule has 2 rings (SSSR count). The van der Waals surface area contributed by atoms with Crippen molar-refractivity contribution in [2.24, 2.45) is 0 Å². The maximum absolute atomic E-state index is 11.9. The van der Waals surface area contributed by atoms with Crippen LogP contribution in [0.15, 0.2) is 30.5 Å². The maximum Gasteiger partial charge on any atom is 0.337 e. The van der Waals surface area contributed by atoms with Gasteiger partial charge in [0.25, 0.3) is 0 Å². The van der Waals surface area contributed by atoms with Crippen LogP contribution >= 0.6 is 0 Å². The van der Waals surface area contributed by atoms with Crippen LogP contribution in [0, 0.1) is 0 Å². The van der Waals surface area contributed by atoms with E-state index in [1.165, 1.54) is 0 Å². The number of aliphatic carboxylic acids is 1. The molecule has 0 saturated heterocycles. The van der Waals surface area contributed by atoms with E-state index in [4.69, 9.17) is 9.84 Å². The van der Waals surface area contributed by atoms with Crippen molar-refractivity contribution in [3.8, 4) is 0 Å². The number of aliphatic hydroxyl groups is 1. The smallest absolute Gasteiger partial charge is 0.337 e. The van der Waals surface area contributed by atoms with Gasteiger partial charge in [-0.3, -0.25) is 0 Å². The molecule has 1 aromatic carbocycles. The number of methoxy groups -OCH3 is 1. The molecule has 0 saturated carbocycles. The van der Waals surface area contributed by atoms with Gasteiger partial charge in [0.1, 0.15) is 0 Å². The first-order chi connectivity index (χ1) is 11.3. The van der Waals surface area contributed by atoms with E-state index >= 15 is 0 Å². The van der Waals surface area contributed by atoms with E-state index in [1.54, 1.807) is 13.2 Å². The summed E-state index contributed by atoms with van der Waals surface area (Å²) in [6, 6.07) is 6.82. The van der Waals surface area contributed by atoms with Gasteiger partial charge in [-0.05, 0) is 30.5 Å². The number of benzene rings is 1. The molecule has 1 unspecified atom stereocenters. The minimum atomic E-state index is -2.02. The van der Waals surface area contributed by atoms with E-state index in [0.29, 0.717) is 18.8 Å². The van der Waals surface area contributed by atoms with Crippen LogP contribution in [0.2, 0.25) is 0 Å². The van der Waals surface area contributed by atoms with Crippen molar-refractivity contribution >= 4 is 28.6 Å². The van der Waals surface area contributed by atoms with E-state index in [-0.39, 0.29) is 0 Å². The lowest BCUT2D eigenvalue weighted by atomic mass is 10.1. The number of aromatic nitrogens is 1. The van der Waals surface area contributed by atoms with Crippen LogP contribution in [0.4, 0.5) is 10.5 Å². The van der Waals surface area contributed by atoms with E-state index in [2.05, 4.69) is 10.6 Å². The molecule has 0 fully saturated rings. The van der Waals surface area contributed by atoms with Gasteiger partial charge in [-0.1, -0.05) is 6.07 Å². The Bertz CT molecular complexity index is 738. The zero-order valence-electron chi connectivity index (χ0n) is 13.6. The molecule has 0 aliphatic heterocycles. The molecule has 24 heavy (non-hydrogen) atoms. The summed E-state index contributed by atoms with van der Waals surface area (Å²) in [5.74, 6) is -1.40. The molecular formula is C16H21N3O5. The van der Waals surface area contributed by atoms with Gasteiger partial charge >= 0.3 is 12.0 Å². The number of rotatable bonds is 7. The molecule has 0 spiro atoms. The number of carbonyl (C=O) groups excluding carboxylic acids is 1. The minimum Gasteiger partial charge on any atom is -0.479 e. The molecule has 0 aliphatic rings. The summed E-state index contributed by atoms with van der Waals surface area (Å²) in [7, 11) is 1.63. The largest absolute Gasteiger partial charge is 0.479 e. The highest BCUT2D eigenvalue weighted by Crippen LogP contribution is 2.20. The third-order valence-corrected chi connectivity index (χ3v) is 3.62. The van der Waals surface area contributed by atoms with Gasteiger partial charge in [0, 0.05) is 25.5 Å². The van der Waals surface area contributed by atoms with E-state index in [1.807, 2.05) is 29.0 Å². The van der Waals surface area contributed by atoms with Crippen LogP contribution in [0.25, 0.3) is 10.9 Å². The molecule has 2 amide bonds. The van der Waals surface area contributed by atoms with E-state index < -0.39 is 24.1 Å². The Kier molecular flexibility index (Phi) is 5.42. The SMILES string of the molecule is COCCn1ccc2ccc(NC(=O)NCC(C)(O)C(=O)O)cc21. The van der Waals surface area contributed by atoms with Gasteiger partial charge in [-0.15, -0.1) is 0 Å². The number of nitrogens with zero attached hydrogens (tertiary/aromatic N) is 1. The molecule has 8 heteroatoms. The number of hydrogen-bond donors (Lipinski definition) is 4. The zero-order valence-corrected chi connectivity index (χ0v) is 13.6. The minimum absolute atomic E-state index is 0.402. The Labute approximate surface area is 139 Å². The monoisotopic (exact) mass is 335 g/mol. The van der Waals surface area contributed by atoms with Crippen molar-refractivity contribution in [2.45, 2.75) is 19.1 Å². The summed E-state index contributed by atoms with van der Waals surface area (Å²) >= 11 is 0. The van der Waals surface area contributed by atoms with Gasteiger partial charge < -0.3 is 30.2 Å². The van der Waals surface area contributed by atoms with E-state index in [9.17, 15) is 14.7 Å². The second-order valence-electron chi connectivity index (χ2n) is 5.66. The molecule has 130 valence electrons. The average molecular weight is 335 g/mol. The first-order valence-electron chi connectivity index (χ1n) is 7.42. The average Bonchev–Trinajstić information content (AvgIpc) is 2.93. The summed E-state index contributed by atoms with van der Waals surface area (Å²) in [4.78, 5) is 22.7. The number of fused-ring (bicyclic) bond motifs is 1. The fraction of sp³-hybridized carbons (Fsp3) is 0.375. The van der Waals surface area contributed by atoms with Gasteiger partial charge in [0.15, 0.2) is 5.60 Å². The summed E-state index contributed by atoms with van der Waals surface area (Å²) in [6.07, 6.45) is 1.94. The van der Waals surface area contributed by atoms with Gasteiger partial charge in [0.05, 0.1) is 18.7 Å². The lowest BCUT2D eigenvalue weighted by Crippen LogP contribution is -2.47. The first kappa shape index (κ1) is 17.8. The predicted octanol–water partition coefficient (Wildman–Crippen LogP) is 1.24. The number of carbonyl (C=O) groups is 2. The molecule has 4 N–H and O–H groups in total. The lowest BCUT2D eigenvalue weighted by molar-refractivity contribution is -0.155. The number of carboxylic acid groups (broad SMARTS) is 1. The van der Waals surface area contributed by atoms with Crippen molar-refractivity contribution in [3.63, 3.8) is 0 Å². The Morgan fingerprint density at radius 3 is 2.75 bits per heavy atom. The topological polar surface area (TPSA) is 113 Å². The summed E-state index contributed by atoms with van der Waals surface area (Å²) in [6.45, 7) is 1.98. The number of anilines is 1. The first-order valence-corrected chi connectivity index (χ1v) is 7.42. The molecule has 1 heterocycles. The highest BCUT2D eigenvalue weighted by Gasteiger charge is 2.30. The van der Waals surface area contributed by atoms with Gasteiger partial charge in [-0.2, -0.15) is 0 Å². The maximum atomic E-state index is 11.9. The van der Waals surface area contributed by atoms with E-state index in [0.717, 1.165) is 17.8 Å². The Balaban J connectivity index is 2.04. The molecule has 0 radical (unpaired) electrons. The Morgan fingerprint density at radius 2 is 2.08 bits per heavy atom. The third-order valence-electron chi connectivity index (χ3n) is 3.62. The van der Waals surface area contributed by atoms with Gasteiger partial charge in [-0.25, -0.2) is 9.59 Å². The second kappa shape index (κ2) is 7.33. The normalized spacial score (nSPS) is 13.5. The molecule has 8 nitrogen and oxygen atoms in total. The number of hydrogen-bond acceptors (Lipinski definition) is 4. The zero-order chi connectivity index (χ0) is 17.7. The number of nitrogens with one attached hydrogen (secondary N) is 2. The van der Waals surface area contributed by atoms with Crippen molar-refractivity contribution < 1.29 is 24.5 Å². The quantitative estimate of drug-likeness (QED) is 0.608. The molecule has 1 aromatic heterocycles. The number of carboxylic acids is 1. The van der Waals surface area contributed by atoms with Crippen LogP contribution in [0.1, 0.15) is 6.92 Å². The fourth-order valence-electron chi connectivity index (χ4n) is 2.15. The van der Waals surface area contributed by atoms with Crippen molar-refractivity contribution in [2.75, 3.05) is 25.6 Å². The highest BCUT2D eigenvalue weighted by atomic mass is 16.5. The summed E-state index contributed by atoms with van der Waals surface area (Å²) in [5, 5.41) is 24.4. The number of amides is 2. The van der Waals surface area contributed by atoms with Crippen LogP contribution in [0.5, 0.6) is 0 Å². The van der Waals surface area contributed by atoms with Crippen LogP contribution < -0.4 is 10.6 Å². The fourth-order valence-corrected chi connectivity index (χ4v) is 2.15. The Morgan fingerprint density at radius 1 is 1.33 bits per heavy atom. The highest BCUT2D eigenvalue weighted by molar-refractivity contribution is 5.93.